The number of likely N-dealkylation sites (N-methyl/N-ethyl adjacent to an activating group) is 1. The van der Waals surface area contributed by atoms with Crippen LogP contribution in [-0.4, -0.2) is 16.5 Å². The van der Waals surface area contributed by atoms with Gasteiger partial charge >= 0.3 is 0 Å². The van der Waals surface area contributed by atoms with E-state index in [0.29, 0.717) is 0 Å². The van der Waals surface area contributed by atoms with Gasteiger partial charge in [0.15, 0.2) is 0 Å². The van der Waals surface area contributed by atoms with Gasteiger partial charge in [-0.25, -0.2) is 0 Å². The molecule has 0 fully saturated rings. The van der Waals surface area contributed by atoms with Gasteiger partial charge in [0.2, 0.25) is 0 Å². The van der Waals surface area contributed by atoms with Gasteiger partial charge < -0.3 is 5.32 Å². The maximum absolute atomic E-state index is 4.61. The van der Waals surface area contributed by atoms with Crippen molar-refractivity contribution in [2.45, 2.75) is 26.3 Å². The van der Waals surface area contributed by atoms with Gasteiger partial charge in [-0.2, -0.15) is 0 Å². The maximum Gasteiger partial charge on any atom is 0.0580 e. The first-order valence-electron chi connectivity index (χ1n) is 6.46. The molecule has 100 valence electrons. The van der Waals surface area contributed by atoms with Crippen molar-refractivity contribution in [1.82, 2.24) is 15.3 Å². The van der Waals surface area contributed by atoms with E-state index in [2.05, 4.69) is 50.3 Å². The van der Waals surface area contributed by atoms with Crippen LogP contribution in [0.1, 0.15) is 30.0 Å². The molecule has 1 N–H and O–H groups in total. The highest BCUT2D eigenvalue weighted by atomic mass is 79.9. The van der Waals surface area contributed by atoms with Gasteiger partial charge in [0, 0.05) is 28.5 Å². The van der Waals surface area contributed by atoms with Crippen molar-refractivity contribution in [3.05, 3.63) is 58.1 Å². The second-order valence-corrected chi connectivity index (χ2v) is 5.40. The van der Waals surface area contributed by atoms with Gasteiger partial charge in [-0.05, 0) is 53.7 Å². The number of aromatic nitrogens is 2. The first-order valence-corrected chi connectivity index (χ1v) is 7.25. The molecule has 0 aliphatic carbocycles. The molecule has 2 heterocycles. The lowest BCUT2D eigenvalue weighted by Crippen LogP contribution is -2.24. The summed E-state index contributed by atoms with van der Waals surface area (Å²) < 4.78 is 1.00. The summed E-state index contributed by atoms with van der Waals surface area (Å²) >= 11 is 3.41. The Morgan fingerprint density at radius 2 is 2.11 bits per heavy atom. The lowest BCUT2D eigenvalue weighted by atomic mass is 10.1. The minimum Gasteiger partial charge on any atom is -0.309 e. The van der Waals surface area contributed by atoms with E-state index in [4.69, 9.17) is 0 Å². The first kappa shape index (κ1) is 14.2. The van der Waals surface area contributed by atoms with E-state index in [-0.39, 0.29) is 6.04 Å². The van der Waals surface area contributed by atoms with Crippen LogP contribution in [0.4, 0.5) is 0 Å². The number of hydrogen-bond donors (Lipinski definition) is 1. The molecule has 0 spiro atoms. The molecule has 0 saturated heterocycles. The minimum absolute atomic E-state index is 0.207. The summed E-state index contributed by atoms with van der Waals surface area (Å²) in [5.41, 5.74) is 3.19. The molecule has 2 aromatic heterocycles. The van der Waals surface area contributed by atoms with Crippen LogP contribution in [0.3, 0.4) is 0 Å². The predicted octanol–water partition coefficient (Wildman–Crippen LogP) is 3.44. The zero-order valence-electron chi connectivity index (χ0n) is 11.2. The Morgan fingerprint density at radius 3 is 2.74 bits per heavy atom. The minimum atomic E-state index is 0.207. The molecule has 0 aliphatic rings. The number of nitrogens with zero attached hydrogens (tertiary/aromatic N) is 2. The number of halogens is 1. The van der Waals surface area contributed by atoms with Crippen molar-refractivity contribution in [1.29, 1.82) is 0 Å². The van der Waals surface area contributed by atoms with E-state index >= 15 is 0 Å². The number of hydrogen-bond acceptors (Lipinski definition) is 3. The van der Waals surface area contributed by atoms with E-state index < -0.39 is 0 Å². The lowest BCUT2D eigenvalue weighted by Gasteiger charge is -2.17. The lowest BCUT2D eigenvalue weighted by molar-refractivity contribution is 0.530. The molecule has 19 heavy (non-hydrogen) atoms. The summed E-state index contributed by atoms with van der Waals surface area (Å²) in [6.45, 7) is 5.04. The smallest absolute Gasteiger partial charge is 0.0580 e. The Kier molecular flexibility index (Phi) is 5.05. The quantitative estimate of drug-likeness (QED) is 0.917. The highest BCUT2D eigenvalue weighted by Crippen LogP contribution is 2.17. The SMILES string of the molecule is CCNC(Cc1ccc(Br)cn1)c1cccc(C)n1. The highest BCUT2D eigenvalue weighted by Gasteiger charge is 2.13. The molecule has 0 radical (unpaired) electrons. The van der Waals surface area contributed by atoms with Gasteiger partial charge in [0.25, 0.3) is 0 Å². The number of rotatable bonds is 5. The van der Waals surface area contributed by atoms with Crippen LogP contribution in [-0.2, 0) is 6.42 Å². The van der Waals surface area contributed by atoms with E-state index in [1.54, 1.807) is 0 Å². The summed E-state index contributed by atoms with van der Waals surface area (Å²) in [4.78, 5) is 9.04. The predicted molar refractivity (Wildman–Crippen MR) is 81.0 cm³/mol. The Morgan fingerprint density at radius 1 is 1.26 bits per heavy atom. The van der Waals surface area contributed by atoms with Crippen LogP contribution in [0, 0.1) is 6.92 Å². The van der Waals surface area contributed by atoms with Gasteiger partial charge in [-0.3, -0.25) is 9.97 Å². The second-order valence-electron chi connectivity index (χ2n) is 4.49. The molecule has 2 rings (SSSR count). The van der Waals surface area contributed by atoms with Gasteiger partial charge in [0.05, 0.1) is 11.7 Å². The Bertz CT molecular complexity index is 525. The molecular formula is C15H18BrN3. The summed E-state index contributed by atoms with van der Waals surface area (Å²) in [5.74, 6) is 0. The van der Waals surface area contributed by atoms with Gasteiger partial charge in [-0.15, -0.1) is 0 Å². The molecule has 3 nitrogen and oxygen atoms in total. The van der Waals surface area contributed by atoms with Crippen LogP contribution >= 0.6 is 15.9 Å². The molecule has 1 atom stereocenters. The van der Waals surface area contributed by atoms with Crippen LogP contribution < -0.4 is 5.32 Å². The maximum atomic E-state index is 4.61. The average Bonchev–Trinajstić information content (AvgIpc) is 2.41. The molecular weight excluding hydrogens is 302 g/mol. The number of nitrogens with one attached hydrogen (secondary N) is 1. The average molecular weight is 320 g/mol. The third-order valence-corrected chi connectivity index (χ3v) is 3.39. The standard InChI is InChI=1S/C15H18BrN3/c1-3-17-15(14-6-4-5-11(2)19-14)9-13-8-7-12(16)10-18-13/h4-8,10,15,17H,3,9H2,1-2H3. The third-order valence-electron chi connectivity index (χ3n) is 2.92. The van der Waals surface area contributed by atoms with Crippen molar-refractivity contribution in [2.24, 2.45) is 0 Å². The van der Waals surface area contributed by atoms with Crippen molar-refractivity contribution in [2.75, 3.05) is 6.54 Å². The largest absolute Gasteiger partial charge is 0.309 e. The summed E-state index contributed by atoms with van der Waals surface area (Å²) in [6.07, 6.45) is 2.68. The fraction of sp³-hybridized carbons (Fsp3) is 0.333. The van der Waals surface area contributed by atoms with Crippen LogP contribution in [0.5, 0.6) is 0 Å². The Hall–Kier alpha value is -1.26. The third kappa shape index (κ3) is 4.11. The molecule has 1 unspecified atom stereocenters. The normalized spacial score (nSPS) is 12.4. The van der Waals surface area contributed by atoms with Crippen LogP contribution in [0.25, 0.3) is 0 Å². The second kappa shape index (κ2) is 6.78. The number of aryl methyl sites for hydroxylation is 1. The van der Waals surface area contributed by atoms with E-state index in [1.807, 2.05) is 31.3 Å². The molecule has 4 heteroatoms. The van der Waals surface area contributed by atoms with Crippen LogP contribution in [0.2, 0.25) is 0 Å². The molecule has 0 aliphatic heterocycles. The van der Waals surface area contributed by atoms with Gasteiger partial charge in [-0.1, -0.05) is 13.0 Å². The van der Waals surface area contributed by atoms with Crippen molar-refractivity contribution in [3.8, 4) is 0 Å². The Balaban J connectivity index is 2.18. The fourth-order valence-electron chi connectivity index (χ4n) is 2.02. The zero-order chi connectivity index (χ0) is 13.7. The zero-order valence-corrected chi connectivity index (χ0v) is 12.8. The summed E-state index contributed by atoms with van der Waals surface area (Å²) in [6, 6.07) is 10.4. The highest BCUT2D eigenvalue weighted by molar-refractivity contribution is 9.10. The topological polar surface area (TPSA) is 37.8 Å². The molecule has 0 saturated carbocycles. The van der Waals surface area contributed by atoms with Crippen molar-refractivity contribution < 1.29 is 0 Å². The summed E-state index contributed by atoms with van der Waals surface area (Å²) in [7, 11) is 0. The molecule has 0 amide bonds. The molecule has 2 aromatic rings. The van der Waals surface area contributed by atoms with Gasteiger partial charge in [0.1, 0.15) is 0 Å². The van der Waals surface area contributed by atoms with Crippen molar-refractivity contribution >= 4 is 15.9 Å². The van der Waals surface area contributed by atoms with Crippen LogP contribution in [0.15, 0.2) is 41.0 Å². The Labute approximate surface area is 122 Å². The molecule has 0 aromatic carbocycles. The first-order chi connectivity index (χ1) is 9.19. The molecule has 0 bridgehead atoms. The monoisotopic (exact) mass is 319 g/mol. The number of pyridine rings is 2. The fourth-order valence-corrected chi connectivity index (χ4v) is 2.26. The van der Waals surface area contributed by atoms with Crippen molar-refractivity contribution in [3.63, 3.8) is 0 Å². The van der Waals surface area contributed by atoms with E-state index in [0.717, 1.165) is 34.5 Å². The van der Waals surface area contributed by atoms with E-state index in [9.17, 15) is 0 Å². The van der Waals surface area contributed by atoms with E-state index in [1.165, 1.54) is 0 Å². The summed E-state index contributed by atoms with van der Waals surface area (Å²) in [5, 5.41) is 3.47.